The van der Waals surface area contributed by atoms with Gasteiger partial charge in [-0.15, -0.1) is 0 Å². The zero-order valence-corrected chi connectivity index (χ0v) is 22.8. The summed E-state index contributed by atoms with van der Waals surface area (Å²) in [7, 11) is 0.733. The summed E-state index contributed by atoms with van der Waals surface area (Å²) in [4.78, 5) is 20.3. The maximum absolute atomic E-state index is 13.3. The van der Waals surface area contributed by atoms with Gasteiger partial charge in [0.2, 0.25) is 0 Å². The van der Waals surface area contributed by atoms with E-state index in [2.05, 4.69) is 9.71 Å². The molecule has 0 saturated heterocycles. The van der Waals surface area contributed by atoms with Crippen LogP contribution in [0.15, 0.2) is 35.7 Å². The largest absolute Gasteiger partial charge is 0.491 e. The van der Waals surface area contributed by atoms with Crippen molar-refractivity contribution >= 4 is 21.6 Å². The van der Waals surface area contributed by atoms with Crippen molar-refractivity contribution in [2.45, 2.75) is 43.6 Å². The Hall–Kier alpha value is -2.84. The van der Waals surface area contributed by atoms with E-state index in [-0.39, 0.29) is 53.5 Å². The molecule has 1 amide bonds. The number of hydrogen-bond acceptors (Lipinski definition) is 7. The maximum Gasteiger partial charge on any atom is 0.390 e. The minimum atomic E-state index is -4.31. The Labute approximate surface area is 220 Å². The van der Waals surface area contributed by atoms with Crippen molar-refractivity contribution in [3.63, 3.8) is 0 Å². The highest BCUT2D eigenvalue weighted by atomic mass is 32.2. The molecule has 0 saturated carbocycles. The number of aromatic nitrogens is 2. The lowest BCUT2D eigenvalue weighted by Crippen LogP contribution is -2.47. The van der Waals surface area contributed by atoms with Crippen molar-refractivity contribution in [2.75, 3.05) is 45.1 Å². The number of anilines is 1. The van der Waals surface area contributed by atoms with Crippen molar-refractivity contribution in [2.24, 2.45) is 13.0 Å². The van der Waals surface area contributed by atoms with Gasteiger partial charge in [0.05, 0.1) is 30.1 Å². The fraction of sp³-hybridized carbons (Fsp3) is 0.583. The van der Waals surface area contributed by atoms with E-state index in [1.54, 1.807) is 25.9 Å². The van der Waals surface area contributed by atoms with E-state index in [1.807, 2.05) is 6.92 Å². The molecule has 38 heavy (non-hydrogen) atoms. The van der Waals surface area contributed by atoms with Crippen LogP contribution in [0.5, 0.6) is 5.75 Å². The Morgan fingerprint density at radius 1 is 1.21 bits per heavy atom. The molecule has 0 aliphatic carbocycles. The molecule has 212 valence electrons. The minimum absolute atomic E-state index is 0.0251. The number of aryl methyl sites for hydroxylation is 1. The lowest BCUT2D eigenvalue weighted by Gasteiger charge is -2.36. The number of imidazole rings is 1. The number of carbonyl (C=O) groups excluding carboxylic acids is 1. The third kappa shape index (κ3) is 7.60. The van der Waals surface area contributed by atoms with Gasteiger partial charge in [-0.05, 0) is 25.0 Å². The number of ether oxygens (including phenoxy) is 2. The molecule has 3 rings (SSSR count). The molecule has 2 heterocycles. The highest BCUT2D eigenvalue weighted by molar-refractivity contribution is 7.92. The first kappa shape index (κ1) is 29.7. The number of likely N-dealkylation sites (N-methyl/N-ethyl adjacent to an activating group) is 1. The van der Waals surface area contributed by atoms with Crippen molar-refractivity contribution < 1.29 is 35.9 Å². The molecule has 1 aromatic carbocycles. The van der Waals surface area contributed by atoms with Gasteiger partial charge < -0.3 is 18.9 Å². The van der Waals surface area contributed by atoms with Crippen LogP contribution in [-0.2, 0) is 21.8 Å². The average Bonchev–Trinajstić information content (AvgIpc) is 3.29. The second-order valence-electron chi connectivity index (χ2n) is 9.65. The number of halogens is 3. The monoisotopic (exact) mass is 561 g/mol. The summed E-state index contributed by atoms with van der Waals surface area (Å²) in [6.45, 7) is 3.88. The SMILES string of the molecule is CO[C@H]1CN(C)C(=O)c2ccc(NS(=O)(=O)c3cn(C)cn3)cc2OC[C@H](C)N(CCC(F)(F)F)C[C@@H]1C. The molecule has 1 N–H and O–H groups in total. The number of carbonyl (C=O) groups is 1. The van der Waals surface area contributed by atoms with Crippen LogP contribution in [0.3, 0.4) is 0 Å². The van der Waals surface area contributed by atoms with Crippen molar-refractivity contribution in [1.29, 1.82) is 0 Å². The first-order valence-corrected chi connectivity index (χ1v) is 13.5. The molecule has 0 bridgehead atoms. The summed E-state index contributed by atoms with van der Waals surface area (Å²) in [5, 5.41) is -0.182. The number of methoxy groups -OCH3 is 1. The highest BCUT2D eigenvalue weighted by Crippen LogP contribution is 2.28. The molecule has 2 aromatic rings. The number of rotatable bonds is 6. The number of fused-ring (bicyclic) bond motifs is 1. The fourth-order valence-electron chi connectivity index (χ4n) is 4.23. The van der Waals surface area contributed by atoms with Crippen LogP contribution in [0.2, 0.25) is 0 Å². The molecule has 10 nitrogen and oxygen atoms in total. The van der Waals surface area contributed by atoms with Crippen molar-refractivity contribution in [3.05, 3.63) is 36.3 Å². The second kappa shape index (κ2) is 11.9. The molecule has 0 spiro atoms. The van der Waals surface area contributed by atoms with Gasteiger partial charge in [0, 0.05) is 59.1 Å². The smallest absolute Gasteiger partial charge is 0.390 e. The summed E-state index contributed by atoms with van der Waals surface area (Å²) < 4.78 is 80.0. The predicted molar refractivity (Wildman–Crippen MR) is 135 cm³/mol. The van der Waals surface area contributed by atoms with E-state index in [1.165, 1.54) is 47.3 Å². The van der Waals surface area contributed by atoms with Crippen LogP contribution < -0.4 is 9.46 Å². The topological polar surface area (TPSA) is 106 Å². The Kier molecular flexibility index (Phi) is 9.31. The quantitative estimate of drug-likeness (QED) is 0.578. The van der Waals surface area contributed by atoms with E-state index in [4.69, 9.17) is 9.47 Å². The Balaban J connectivity index is 1.94. The van der Waals surface area contributed by atoms with Gasteiger partial charge in [0.25, 0.3) is 15.9 Å². The Morgan fingerprint density at radius 3 is 2.53 bits per heavy atom. The van der Waals surface area contributed by atoms with Gasteiger partial charge >= 0.3 is 6.18 Å². The van der Waals surface area contributed by atoms with Gasteiger partial charge in [-0.3, -0.25) is 14.4 Å². The number of sulfonamides is 1. The minimum Gasteiger partial charge on any atom is -0.491 e. The number of alkyl halides is 3. The molecular formula is C24H34F3N5O5S. The molecule has 14 heteroatoms. The van der Waals surface area contributed by atoms with E-state index in [0.717, 1.165) is 0 Å². The number of nitrogens with zero attached hydrogens (tertiary/aromatic N) is 4. The van der Waals surface area contributed by atoms with E-state index < -0.39 is 34.8 Å². The van der Waals surface area contributed by atoms with Crippen LogP contribution in [0.1, 0.15) is 30.6 Å². The maximum atomic E-state index is 13.3. The van der Waals surface area contributed by atoms with Crippen LogP contribution in [0.4, 0.5) is 18.9 Å². The zero-order valence-electron chi connectivity index (χ0n) is 22.0. The third-order valence-corrected chi connectivity index (χ3v) is 7.73. The molecule has 0 unspecified atom stereocenters. The van der Waals surface area contributed by atoms with Gasteiger partial charge in [0.1, 0.15) is 12.4 Å². The molecular weight excluding hydrogens is 527 g/mol. The Bertz CT molecular complexity index is 1220. The van der Waals surface area contributed by atoms with Gasteiger partial charge in [0.15, 0.2) is 5.03 Å². The van der Waals surface area contributed by atoms with Crippen molar-refractivity contribution in [3.8, 4) is 5.75 Å². The summed E-state index contributed by atoms with van der Waals surface area (Å²) in [5.74, 6) is -0.433. The van der Waals surface area contributed by atoms with E-state index in [9.17, 15) is 26.4 Å². The molecule has 0 fully saturated rings. The first-order chi connectivity index (χ1) is 17.7. The molecule has 1 aromatic heterocycles. The normalized spacial score (nSPS) is 22.3. The van der Waals surface area contributed by atoms with Crippen molar-refractivity contribution in [1.82, 2.24) is 19.4 Å². The molecule has 1 aliphatic heterocycles. The fourth-order valence-corrected chi connectivity index (χ4v) is 5.26. The van der Waals surface area contributed by atoms with Crippen LogP contribution in [0.25, 0.3) is 0 Å². The lowest BCUT2D eigenvalue weighted by atomic mass is 10.0. The van der Waals surface area contributed by atoms with Gasteiger partial charge in [-0.1, -0.05) is 6.92 Å². The van der Waals surface area contributed by atoms with Crippen LogP contribution in [-0.4, -0.2) is 92.4 Å². The predicted octanol–water partition coefficient (Wildman–Crippen LogP) is 2.98. The average molecular weight is 562 g/mol. The van der Waals surface area contributed by atoms with E-state index in [0.29, 0.717) is 6.54 Å². The standard InChI is InChI=1S/C24H34F3N5O5S/c1-16-11-32(9-8-24(25,26)27)17(2)14-37-20-10-18(29-38(34,35)22-13-30(3)15-28-22)6-7-19(20)23(33)31(4)12-21(16)36-5/h6-7,10,13,15-17,21,29H,8-9,11-12,14H2,1-5H3/t16-,17-,21-/m0/s1. The Morgan fingerprint density at radius 2 is 1.92 bits per heavy atom. The summed E-state index contributed by atoms with van der Waals surface area (Å²) >= 11 is 0. The molecule has 1 aliphatic rings. The number of nitrogens with one attached hydrogen (secondary N) is 1. The van der Waals surface area contributed by atoms with Crippen LogP contribution >= 0.6 is 0 Å². The summed E-state index contributed by atoms with van der Waals surface area (Å²) in [6, 6.07) is 3.84. The number of benzene rings is 1. The highest BCUT2D eigenvalue weighted by Gasteiger charge is 2.32. The zero-order chi connectivity index (χ0) is 28.3. The van der Waals surface area contributed by atoms with Gasteiger partial charge in [-0.25, -0.2) is 4.98 Å². The molecule has 0 radical (unpaired) electrons. The summed E-state index contributed by atoms with van der Waals surface area (Å²) in [6.07, 6.45) is -3.01. The van der Waals surface area contributed by atoms with Gasteiger partial charge in [-0.2, -0.15) is 21.6 Å². The first-order valence-electron chi connectivity index (χ1n) is 12.1. The van der Waals surface area contributed by atoms with Crippen LogP contribution in [0, 0.1) is 5.92 Å². The summed E-state index contributed by atoms with van der Waals surface area (Å²) in [5.41, 5.74) is 0.326. The third-order valence-electron chi connectivity index (χ3n) is 6.47. The number of hydrogen-bond donors (Lipinski definition) is 1. The molecule has 3 atom stereocenters. The number of amides is 1. The second-order valence-corrected chi connectivity index (χ2v) is 11.3. The lowest BCUT2D eigenvalue weighted by molar-refractivity contribution is -0.140. The van der Waals surface area contributed by atoms with E-state index >= 15 is 0 Å².